The van der Waals surface area contributed by atoms with Crippen LogP contribution in [0, 0.1) is 5.92 Å². The summed E-state index contributed by atoms with van der Waals surface area (Å²) in [5.41, 5.74) is 0. The lowest BCUT2D eigenvalue weighted by Crippen LogP contribution is -2.26. The van der Waals surface area contributed by atoms with Gasteiger partial charge in [0.2, 0.25) is 5.91 Å². The lowest BCUT2D eigenvalue weighted by Gasteiger charge is -2.05. The average molecular weight is 374 g/mol. The quantitative estimate of drug-likeness (QED) is 0.669. The van der Waals surface area contributed by atoms with E-state index in [0.29, 0.717) is 11.7 Å². The maximum atomic E-state index is 11.7. The van der Waals surface area contributed by atoms with Gasteiger partial charge in [-0.1, -0.05) is 54.8 Å². The van der Waals surface area contributed by atoms with Gasteiger partial charge in [-0.05, 0) is 23.8 Å². The van der Waals surface area contributed by atoms with Crippen LogP contribution in [-0.4, -0.2) is 28.4 Å². The summed E-state index contributed by atoms with van der Waals surface area (Å²) in [6, 6.07) is 4.18. The number of thioether (sulfide) groups is 2. The Hall–Kier alpha value is -0.570. The predicted molar refractivity (Wildman–Crippen MR) is 97.0 cm³/mol. The second-order valence-electron chi connectivity index (χ2n) is 5.02. The molecule has 0 saturated carbocycles. The highest BCUT2D eigenvalue weighted by atomic mass is 32.2. The lowest BCUT2D eigenvalue weighted by atomic mass is 10.1. The van der Waals surface area contributed by atoms with Crippen molar-refractivity contribution >= 4 is 52.1 Å². The van der Waals surface area contributed by atoms with Gasteiger partial charge in [-0.15, -0.1) is 21.5 Å². The molecular weight excluding hydrogens is 354 g/mol. The Kier molecular flexibility index (Phi) is 7.71. The molecule has 0 aliphatic carbocycles. The fourth-order valence-electron chi connectivity index (χ4n) is 1.52. The highest BCUT2D eigenvalue weighted by molar-refractivity contribution is 8.03. The van der Waals surface area contributed by atoms with Gasteiger partial charge in [0.05, 0.1) is 5.75 Å². The summed E-state index contributed by atoms with van der Waals surface area (Å²) in [5.74, 6) is 2.00. The van der Waals surface area contributed by atoms with Crippen molar-refractivity contribution < 1.29 is 4.79 Å². The van der Waals surface area contributed by atoms with E-state index in [4.69, 9.17) is 0 Å². The van der Waals surface area contributed by atoms with Gasteiger partial charge in [0, 0.05) is 17.2 Å². The molecule has 0 fully saturated rings. The number of nitrogens with zero attached hydrogens (tertiary/aromatic N) is 2. The molecular formula is C14H19N3OS4. The first kappa shape index (κ1) is 17.8. The Morgan fingerprint density at radius 2 is 2.09 bits per heavy atom. The number of thiophene rings is 1. The molecule has 1 N–H and O–H groups in total. The number of amides is 1. The van der Waals surface area contributed by atoms with Crippen LogP contribution in [0.25, 0.3) is 0 Å². The zero-order valence-corrected chi connectivity index (χ0v) is 15.8. The lowest BCUT2D eigenvalue weighted by molar-refractivity contribution is -0.118. The molecule has 0 aliphatic heterocycles. The van der Waals surface area contributed by atoms with E-state index in [2.05, 4.69) is 46.9 Å². The summed E-state index contributed by atoms with van der Waals surface area (Å²) in [5, 5.41) is 13.3. The van der Waals surface area contributed by atoms with E-state index in [1.54, 1.807) is 34.4 Å². The normalized spacial score (nSPS) is 11.0. The van der Waals surface area contributed by atoms with Gasteiger partial charge in [-0.3, -0.25) is 4.79 Å². The Morgan fingerprint density at radius 3 is 2.77 bits per heavy atom. The molecule has 0 unspecified atom stereocenters. The highest BCUT2D eigenvalue weighted by Crippen LogP contribution is 2.31. The summed E-state index contributed by atoms with van der Waals surface area (Å²) in [6.45, 7) is 5.05. The molecule has 0 radical (unpaired) electrons. The van der Waals surface area contributed by atoms with Crippen LogP contribution in [0.1, 0.15) is 25.1 Å². The molecule has 0 saturated heterocycles. The van der Waals surface area contributed by atoms with Crippen LogP contribution in [-0.2, 0) is 10.5 Å². The van der Waals surface area contributed by atoms with Crippen molar-refractivity contribution in [1.82, 2.24) is 15.5 Å². The maximum Gasteiger partial charge on any atom is 0.230 e. The molecule has 120 valence electrons. The van der Waals surface area contributed by atoms with Crippen LogP contribution in [0.3, 0.4) is 0 Å². The number of carbonyl (C=O) groups is 1. The fraction of sp³-hybridized carbons (Fsp3) is 0.500. The number of nitrogens with one attached hydrogen (secondary N) is 1. The monoisotopic (exact) mass is 373 g/mol. The molecule has 2 rings (SSSR count). The topological polar surface area (TPSA) is 54.9 Å². The van der Waals surface area contributed by atoms with E-state index in [9.17, 15) is 4.79 Å². The Morgan fingerprint density at radius 1 is 1.32 bits per heavy atom. The molecule has 2 aromatic heterocycles. The van der Waals surface area contributed by atoms with Crippen molar-refractivity contribution in [2.24, 2.45) is 5.92 Å². The van der Waals surface area contributed by atoms with Crippen molar-refractivity contribution in [2.45, 2.75) is 34.7 Å². The second-order valence-corrected chi connectivity index (χ2v) is 9.48. The SMILES string of the molecule is CC(C)CCNC(=O)CSc1nnc(SCc2cccs2)s1. The number of carbonyl (C=O) groups excluding carboxylic acids is 1. The summed E-state index contributed by atoms with van der Waals surface area (Å²) < 4.78 is 1.81. The highest BCUT2D eigenvalue weighted by Gasteiger charge is 2.09. The van der Waals surface area contributed by atoms with E-state index in [-0.39, 0.29) is 5.91 Å². The minimum Gasteiger partial charge on any atom is -0.355 e. The van der Waals surface area contributed by atoms with Crippen molar-refractivity contribution in [3.05, 3.63) is 22.4 Å². The van der Waals surface area contributed by atoms with Crippen LogP contribution < -0.4 is 5.32 Å². The molecule has 22 heavy (non-hydrogen) atoms. The smallest absolute Gasteiger partial charge is 0.230 e. The number of rotatable bonds is 9. The van der Waals surface area contributed by atoms with Gasteiger partial charge in [-0.25, -0.2) is 0 Å². The van der Waals surface area contributed by atoms with Crippen LogP contribution in [0.5, 0.6) is 0 Å². The number of hydrogen-bond acceptors (Lipinski definition) is 7. The molecule has 8 heteroatoms. The third-order valence-electron chi connectivity index (χ3n) is 2.68. The molecule has 0 atom stereocenters. The van der Waals surface area contributed by atoms with Gasteiger partial charge in [0.25, 0.3) is 0 Å². The minimum atomic E-state index is 0.0636. The van der Waals surface area contributed by atoms with Crippen molar-refractivity contribution in [2.75, 3.05) is 12.3 Å². The third-order valence-corrected chi connectivity index (χ3v) is 6.97. The first-order valence-electron chi connectivity index (χ1n) is 7.01. The van der Waals surface area contributed by atoms with Gasteiger partial charge >= 0.3 is 0 Å². The van der Waals surface area contributed by atoms with Crippen LogP contribution in [0.2, 0.25) is 0 Å². The first-order valence-corrected chi connectivity index (χ1v) is 10.7. The van der Waals surface area contributed by atoms with E-state index >= 15 is 0 Å². The van der Waals surface area contributed by atoms with Gasteiger partial charge < -0.3 is 5.32 Å². The number of hydrogen-bond donors (Lipinski definition) is 1. The fourth-order valence-corrected chi connectivity index (χ4v) is 5.14. The van der Waals surface area contributed by atoms with Crippen LogP contribution in [0.4, 0.5) is 0 Å². The molecule has 0 aromatic carbocycles. The molecule has 2 aromatic rings. The van der Waals surface area contributed by atoms with Gasteiger partial charge in [-0.2, -0.15) is 0 Å². The van der Waals surface area contributed by atoms with Crippen LogP contribution in [0.15, 0.2) is 26.2 Å². The Balaban J connectivity index is 1.67. The van der Waals surface area contributed by atoms with Gasteiger partial charge in [0.15, 0.2) is 8.68 Å². The maximum absolute atomic E-state index is 11.7. The van der Waals surface area contributed by atoms with E-state index in [1.165, 1.54) is 16.6 Å². The largest absolute Gasteiger partial charge is 0.355 e. The summed E-state index contributed by atoms with van der Waals surface area (Å²) in [6.07, 6.45) is 1.01. The molecule has 4 nitrogen and oxygen atoms in total. The van der Waals surface area contributed by atoms with E-state index in [0.717, 1.165) is 27.4 Å². The van der Waals surface area contributed by atoms with Crippen molar-refractivity contribution in [3.63, 3.8) is 0 Å². The second kappa shape index (κ2) is 9.54. The zero-order chi connectivity index (χ0) is 15.8. The van der Waals surface area contributed by atoms with E-state index < -0.39 is 0 Å². The summed E-state index contributed by atoms with van der Waals surface area (Å²) in [7, 11) is 0. The predicted octanol–water partition coefficient (Wildman–Crippen LogP) is 4.15. The molecule has 1 amide bonds. The van der Waals surface area contributed by atoms with Gasteiger partial charge in [0.1, 0.15) is 0 Å². The Labute approximate surface area is 147 Å². The first-order chi connectivity index (χ1) is 10.6. The van der Waals surface area contributed by atoms with E-state index in [1.807, 2.05) is 0 Å². The third kappa shape index (κ3) is 6.68. The Bertz CT molecular complexity index is 568. The molecule has 0 bridgehead atoms. The van der Waals surface area contributed by atoms with Crippen LogP contribution >= 0.6 is 46.2 Å². The molecule has 0 aliphatic rings. The average Bonchev–Trinajstić information content (AvgIpc) is 3.14. The summed E-state index contributed by atoms with van der Waals surface area (Å²) in [4.78, 5) is 13.0. The van der Waals surface area contributed by atoms with Crippen molar-refractivity contribution in [3.8, 4) is 0 Å². The number of aromatic nitrogens is 2. The van der Waals surface area contributed by atoms with Crippen molar-refractivity contribution in [1.29, 1.82) is 0 Å². The molecule has 2 heterocycles. The molecule has 0 spiro atoms. The zero-order valence-electron chi connectivity index (χ0n) is 12.6. The standard InChI is InChI=1S/C14H19N3OS4/c1-10(2)5-6-15-12(18)9-21-14-17-16-13(22-14)20-8-11-4-3-7-19-11/h3-4,7,10H,5-6,8-9H2,1-2H3,(H,15,18). The summed E-state index contributed by atoms with van der Waals surface area (Å²) >= 11 is 6.45. The minimum absolute atomic E-state index is 0.0636.